The number of hydrogen-bond acceptors (Lipinski definition) is 5. The largest absolute Gasteiger partial charge is 0.480 e. The number of hydrogen-bond donors (Lipinski definition) is 1. The second-order valence-electron chi connectivity index (χ2n) is 7.68. The number of halogens is 1. The molecule has 3 aromatic rings. The highest BCUT2D eigenvalue weighted by atomic mass is 35.5. The molecule has 1 saturated heterocycles. The van der Waals surface area contributed by atoms with E-state index in [4.69, 9.17) is 21.4 Å². The van der Waals surface area contributed by atoms with Gasteiger partial charge in [-0.15, -0.1) is 11.3 Å². The number of carboxylic acid groups (broad SMARTS) is 1. The minimum atomic E-state index is -0.921. The van der Waals surface area contributed by atoms with Gasteiger partial charge in [0.15, 0.2) is 0 Å². The number of ether oxygens (including phenoxy) is 1. The summed E-state index contributed by atoms with van der Waals surface area (Å²) in [5, 5.41) is 12.6. The van der Waals surface area contributed by atoms with E-state index in [1.807, 2.05) is 6.20 Å². The molecule has 0 aromatic carbocycles. The molecule has 1 aliphatic heterocycles. The van der Waals surface area contributed by atoms with Crippen molar-refractivity contribution in [1.29, 1.82) is 0 Å². The molecule has 1 N–H and O–H groups in total. The van der Waals surface area contributed by atoms with Gasteiger partial charge in [-0.3, -0.25) is 4.98 Å². The number of thiophene rings is 1. The number of aryl methyl sites for hydroxylation is 2. The molecule has 0 spiro atoms. The molecule has 0 aliphatic carbocycles. The number of fused-ring (bicyclic) bond motifs is 1. The van der Waals surface area contributed by atoms with E-state index in [9.17, 15) is 4.79 Å². The van der Waals surface area contributed by atoms with Crippen molar-refractivity contribution in [1.82, 2.24) is 14.5 Å². The van der Waals surface area contributed by atoms with Crippen molar-refractivity contribution in [3.8, 4) is 0 Å². The Morgan fingerprint density at radius 3 is 2.87 bits per heavy atom. The van der Waals surface area contributed by atoms with Crippen LogP contribution in [0.1, 0.15) is 29.2 Å². The molecule has 160 valence electrons. The van der Waals surface area contributed by atoms with Crippen LogP contribution in [0.15, 0.2) is 36.1 Å². The van der Waals surface area contributed by atoms with Crippen LogP contribution in [0.4, 0.5) is 0 Å². The van der Waals surface area contributed by atoms with Gasteiger partial charge in [-0.05, 0) is 55.3 Å². The lowest BCUT2D eigenvalue weighted by molar-refractivity contribution is -0.142. The smallest absolute Gasteiger partial charge is 0.329 e. The van der Waals surface area contributed by atoms with E-state index in [1.165, 1.54) is 10.4 Å². The Morgan fingerprint density at radius 1 is 1.30 bits per heavy atom. The van der Waals surface area contributed by atoms with Gasteiger partial charge in [0, 0.05) is 35.7 Å². The fourth-order valence-corrected chi connectivity index (χ4v) is 5.19. The van der Waals surface area contributed by atoms with Gasteiger partial charge >= 0.3 is 5.97 Å². The Balaban J connectivity index is 1.43. The summed E-state index contributed by atoms with van der Waals surface area (Å²) in [4.78, 5) is 18.6. The van der Waals surface area contributed by atoms with E-state index in [0.717, 1.165) is 61.4 Å². The third-order valence-electron chi connectivity index (χ3n) is 5.76. The maximum absolute atomic E-state index is 10.5. The van der Waals surface area contributed by atoms with Gasteiger partial charge in [0.2, 0.25) is 0 Å². The minimum Gasteiger partial charge on any atom is -0.480 e. The molecule has 6 nitrogen and oxygen atoms in total. The van der Waals surface area contributed by atoms with Crippen LogP contribution in [-0.4, -0.2) is 58.4 Å². The lowest BCUT2D eigenvalue weighted by Crippen LogP contribution is -2.35. The molecule has 3 aromatic heterocycles. The van der Waals surface area contributed by atoms with Gasteiger partial charge in [0.25, 0.3) is 0 Å². The highest BCUT2D eigenvalue weighted by Gasteiger charge is 2.25. The summed E-state index contributed by atoms with van der Waals surface area (Å²) in [5.74, 6) is -0.456. The lowest BCUT2D eigenvalue weighted by atomic mass is 9.89. The summed E-state index contributed by atoms with van der Waals surface area (Å²) in [6.07, 6.45) is 9.06. The van der Waals surface area contributed by atoms with E-state index in [2.05, 4.69) is 38.2 Å². The second-order valence-corrected chi connectivity index (χ2v) is 9.12. The monoisotopic (exact) mass is 447 g/mol. The summed E-state index contributed by atoms with van der Waals surface area (Å²) in [5.41, 5.74) is 2.43. The quantitative estimate of drug-likeness (QED) is 0.496. The number of carbonyl (C=O) groups is 1. The first-order valence-electron chi connectivity index (χ1n) is 10.3. The van der Waals surface area contributed by atoms with Crippen LogP contribution in [-0.2, 0) is 22.5 Å². The third-order valence-corrected chi connectivity index (χ3v) is 6.98. The van der Waals surface area contributed by atoms with E-state index < -0.39 is 5.97 Å². The molecule has 0 unspecified atom stereocenters. The fraction of sp³-hybridized carbons (Fsp3) is 0.455. The molecular weight excluding hydrogens is 422 g/mol. The van der Waals surface area contributed by atoms with Crippen molar-refractivity contribution in [3.05, 3.63) is 51.6 Å². The third kappa shape index (κ3) is 5.03. The number of carboxylic acids is 1. The normalized spacial score (nSPS) is 15.8. The van der Waals surface area contributed by atoms with Crippen molar-refractivity contribution in [3.63, 3.8) is 0 Å². The Bertz CT molecular complexity index is 981. The zero-order valence-corrected chi connectivity index (χ0v) is 18.4. The predicted octanol–water partition coefficient (Wildman–Crippen LogP) is 4.27. The highest BCUT2D eigenvalue weighted by Crippen LogP contribution is 2.37. The van der Waals surface area contributed by atoms with Crippen LogP contribution in [0.25, 0.3) is 10.9 Å². The molecule has 4 rings (SSSR count). The van der Waals surface area contributed by atoms with Crippen molar-refractivity contribution < 1.29 is 14.6 Å². The highest BCUT2D eigenvalue weighted by molar-refractivity contribution is 7.09. The zero-order chi connectivity index (χ0) is 20.9. The van der Waals surface area contributed by atoms with Crippen LogP contribution in [0.2, 0.25) is 5.02 Å². The van der Waals surface area contributed by atoms with E-state index in [1.54, 1.807) is 17.5 Å². The van der Waals surface area contributed by atoms with Crippen molar-refractivity contribution in [2.45, 2.75) is 31.7 Å². The maximum atomic E-state index is 10.5. The molecular formula is C22H26ClN3O3S. The minimum absolute atomic E-state index is 0.228. The lowest BCUT2D eigenvalue weighted by Gasteiger charge is -2.31. The van der Waals surface area contributed by atoms with Crippen LogP contribution in [0.5, 0.6) is 0 Å². The van der Waals surface area contributed by atoms with Crippen molar-refractivity contribution in [2.75, 3.05) is 32.8 Å². The molecule has 0 radical (unpaired) electrons. The first-order chi connectivity index (χ1) is 14.6. The molecule has 1 fully saturated rings. The Morgan fingerprint density at radius 2 is 2.13 bits per heavy atom. The van der Waals surface area contributed by atoms with Crippen LogP contribution < -0.4 is 0 Å². The first kappa shape index (κ1) is 21.3. The average molecular weight is 448 g/mol. The molecule has 4 heterocycles. The average Bonchev–Trinajstić information content (AvgIpc) is 3.39. The van der Waals surface area contributed by atoms with Crippen LogP contribution in [0, 0.1) is 0 Å². The van der Waals surface area contributed by atoms with E-state index >= 15 is 0 Å². The zero-order valence-electron chi connectivity index (χ0n) is 16.8. The summed E-state index contributed by atoms with van der Waals surface area (Å²) < 4.78 is 7.48. The Hall–Kier alpha value is -1.93. The van der Waals surface area contributed by atoms with Crippen molar-refractivity contribution >= 4 is 39.8 Å². The standard InChI is InChI=1S/C22H26ClN3O3S/c23-19-12-24-13-20-22(19)18(14-26(20)8-5-17-2-1-11-30-17)16-3-6-25(7-4-16)9-10-29-15-21(27)28/h1-2,11-14,16H,3-10,15H2,(H,27,28). The predicted molar refractivity (Wildman–Crippen MR) is 120 cm³/mol. The number of rotatable bonds is 9. The van der Waals surface area contributed by atoms with Gasteiger partial charge in [-0.25, -0.2) is 4.79 Å². The van der Waals surface area contributed by atoms with Crippen LogP contribution in [0.3, 0.4) is 0 Å². The molecule has 0 atom stereocenters. The first-order valence-corrected chi connectivity index (χ1v) is 11.5. The van der Waals surface area contributed by atoms with E-state index in [-0.39, 0.29) is 6.61 Å². The van der Waals surface area contributed by atoms with Crippen molar-refractivity contribution in [2.24, 2.45) is 0 Å². The molecule has 0 amide bonds. The van der Waals surface area contributed by atoms with Gasteiger partial charge in [0.1, 0.15) is 6.61 Å². The summed E-state index contributed by atoms with van der Waals surface area (Å²) in [7, 11) is 0. The van der Waals surface area contributed by atoms with E-state index in [0.29, 0.717) is 12.5 Å². The molecule has 30 heavy (non-hydrogen) atoms. The molecule has 0 bridgehead atoms. The SMILES string of the molecule is O=C(O)COCCN1CCC(c2cn(CCc3cccs3)c3cncc(Cl)c23)CC1. The van der Waals surface area contributed by atoms with Gasteiger partial charge in [-0.1, -0.05) is 17.7 Å². The summed E-state index contributed by atoms with van der Waals surface area (Å²) in [6, 6.07) is 4.27. The fourth-order valence-electron chi connectivity index (χ4n) is 4.23. The summed E-state index contributed by atoms with van der Waals surface area (Å²) in [6.45, 7) is 3.87. The molecule has 8 heteroatoms. The molecule has 0 saturated carbocycles. The van der Waals surface area contributed by atoms with Crippen LogP contribution >= 0.6 is 22.9 Å². The number of piperidine rings is 1. The second kappa shape index (κ2) is 9.92. The topological polar surface area (TPSA) is 67.6 Å². The number of aromatic nitrogens is 2. The Kier molecular flexibility index (Phi) is 7.04. The van der Waals surface area contributed by atoms with Gasteiger partial charge in [0.05, 0.1) is 23.3 Å². The van der Waals surface area contributed by atoms with Gasteiger partial charge < -0.3 is 19.3 Å². The number of nitrogens with zero attached hydrogens (tertiary/aromatic N) is 3. The van der Waals surface area contributed by atoms with Gasteiger partial charge in [-0.2, -0.15) is 0 Å². The summed E-state index contributed by atoms with van der Waals surface area (Å²) >= 11 is 8.38. The number of aliphatic carboxylic acids is 1. The number of likely N-dealkylation sites (tertiary alicyclic amines) is 1. The maximum Gasteiger partial charge on any atom is 0.329 e. The Labute approximate surface area is 185 Å². The molecule has 1 aliphatic rings. The number of pyridine rings is 1.